The first-order chi connectivity index (χ1) is 6.23. The molecule has 0 fully saturated rings. The minimum absolute atomic E-state index is 0.150. The van der Waals surface area contributed by atoms with E-state index >= 15 is 0 Å². The number of nitrogens with one attached hydrogen (secondary N) is 1. The van der Waals surface area contributed by atoms with Crippen LogP contribution < -0.4 is 11.1 Å². The number of carboxylic acid groups (broad SMARTS) is 1. The van der Waals surface area contributed by atoms with Crippen molar-refractivity contribution in [2.24, 2.45) is 11.1 Å². The Bertz CT molecular complexity index is 221. The molecule has 14 heavy (non-hydrogen) atoms. The Morgan fingerprint density at radius 2 is 1.93 bits per heavy atom. The van der Waals surface area contributed by atoms with Crippen LogP contribution in [0.3, 0.4) is 0 Å². The van der Waals surface area contributed by atoms with E-state index in [1.165, 1.54) is 0 Å². The lowest BCUT2D eigenvalue weighted by atomic mass is 9.85. The Hall–Kier alpha value is -1.10. The highest BCUT2D eigenvalue weighted by molar-refractivity contribution is 5.81. The molecule has 0 aliphatic carbocycles. The Morgan fingerprint density at radius 1 is 1.43 bits per heavy atom. The topological polar surface area (TPSA) is 92.4 Å². The molecule has 5 heteroatoms. The highest BCUT2D eigenvalue weighted by Crippen LogP contribution is 2.19. The molecule has 1 amide bonds. The van der Waals surface area contributed by atoms with E-state index in [1.807, 2.05) is 20.8 Å². The first-order valence-electron chi connectivity index (χ1n) is 4.47. The highest BCUT2D eigenvalue weighted by Gasteiger charge is 2.23. The molecule has 5 nitrogen and oxygen atoms in total. The SMILES string of the molecule is CC(C)(C)C(N)CC(=O)NCC(=O)O. The summed E-state index contributed by atoms with van der Waals surface area (Å²) in [4.78, 5) is 21.3. The highest BCUT2D eigenvalue weighted by atomic mass is 16.4. The maximum atomic E-state index is 11.2. The largest absolute Gasteiger partial charge is 0.480 e. The number of amides is 1. The van der Waals surface area contributed by atoms with Gasteiger partial charge in [-0.15, -0.1) is 0 Å². The van der Waals surface area contributed by atoms with Gasteiger partial charge in [0.2, 0.25) is 5.91 Å². The second-order valence-electron chi connectivity index (χ2n) is 4.35. The first kappa shape index (κ1) is 12.9. The zero-order valence-electron chi connectivity index (χ0n) is 8.83. The third-order valence-corrected chi connectivity index (χ3v) is 1.95. The van der Waals surface area contributed by atoms with Crippen LogP contribution in [-0.2, 0) is 9.59 Å². The lowest BCUT2D eigenvalue weighted by Crippen LogP contribution is -2.41. The molecule has 0 rings (SSSR count). The molecular formula is C9H18N2O3. The minimum Gasteiger partial charge on any atom is -0.480 e. The quantitative estimate of drug-likeness (QED) is 0.596. The van der Waals surface area contributed by atoms with Gasteiger partial charge in [-0.1, -0.05) is 20.8 Å². The maximum absolute atomic E-state index is 11.2. The maximum Gasteiger partial charge on any atom is 0.322 e. The number of rotatable bonds is 4. The summed E-state index contributed by atoms with van der Waals surface area (Å²) in [6, 6.07) is -0.267. The van der Waals surface area contributed by atoms with E-state index in [1.54, 1.807) is 0 Å². The number of carboxylic acids is 1. The van der Waals surface area contributed by atoms with E-state index in [4.69, 9.17) is 10.8 Å². The van der Waals surface area contributed by atoms with Crippen molar-refractivity contribution in [1.29, 1.82) is 0 Å². The zero-order valence-corrected chi connectivity index (χ0v) is 8.83. The van der Waals surface area contributed by atoms with Crippen LogP contribution in [0, 0.1) is 5.41 Å². The van der Waals surface area contributed by atoms with Crippen molar-refractivity contribution in [3.8, 4) is 0 Å². The average Bonchev–Trinajstić information content (AvgIpc) is 1.99. The molecule has 0 aromatic heterocycles. The van der Waals surface area contributed by atoms with Gasteiger partial charge in [0.25, 0.3) is 0 Å². The summed E-state index contributed by atoms with van der Waals surface area (Å²) >= 11 is 0. The van der Waals surface area contributed by atoms with E-state index in [2.05, 4.69) is 5.32 Å². The summed E-state index contributed by atoms with van der Waals surface area (Å²) in [5, 5.41) is 10.6. The molecule has 0 radical (unpaired) electrons. The zero-order chi connectivity index (χ0) is 11.4. The van der Waals surface area contributed by atoms with Gasteiger partial charge in [0, 0.05) is 12.5 Å². The number of hydrogen-bond donors (Lipinski definition) is 3. The summed E-state index contributed by atoms with van der Waals surface area (Å²) in [6.07, 6.45) is 0.150. The molecule has 0 saturated heterocycles. The Labute approximate surface area is 83.7 Å². The fraction of sp³-hybridized carbons (Fsp3) is 0.778. The predicted octanol–water partition coefficient (Wildman–Crippen LogP) is -0.0493. The predicted molar refractivity (Wildman–Crippen MR) is 52.7 cm³/mol. The number of aliphatic carboxylic acids is 1. The van der Waals surface area contributed by atoms with Gasteiger partial charge >= 0.3 is 5.97 Å². The Morgan fingerprint density at radius 3 is 2.29 bits per heavy atom. The van der Waals surface area contributed by atoms with Gasteiger partial charge in [-0.25, -0.2) is 0 Å². The summed E-state index contributed by atoms with van der Waals surface area (Å²) in [5.41, 5.74) is 5.60. The van der Waals surface area contributed by atoms with Crippen LogP contribution in [0.5, 0.6) is 0 Å². The van der Waals surface area contributed by atoms with Crippen molar-refractivity contribution in [2.45, 2.75) is 33.2 Å². The monoisotopic (exact) mass is 202 g/mol. The van der Waals surface area contributed by atoms with Gasteiger partial charge < -0.3 is 16.2 Å². The van der Waals surface area contributed by atoms with Crippen molar-refractivity contribution in [3.05, 3.63) is 0 Å². The number of carbonyl (C=O) groups excluding carboxylic acids is 1. The number of nitrogens with two attached hydrogens (primary N) is 1. The van der Waals surface area contributed by atoms with Gasteiger partial charge in [0.15, 0.2) is 0 Å². The molecule has 0 heterocycles. The molecule has 4 N–H and O–H groups in total. The van der Waals surface area contributed by atoms with Gasteiger partial charge in [0.1, 0.15) is 6.54 Å². The lowest BCUT2D eigenvalue weighted by molar-refractivity contribution is -0.138. The normalized spacial score (nSPS) is 13.4. The summed E-state index contributed by atoms with van der Waals surface area (Å²) < 4.78 is 0. The van der Waals surface area contributed by atoms with Gasteiger partial charge in [0.05, 0.1) is 0 Å². The van der Waals surface area contributed by atoms with Crippen molar-refractivity contribution in [1.82, 2.24) is 5.32 Å². The molecule has 82 valence electrons. The summed E-state index contributed by atoms with van der Waals surface area (Å²) in [5.74, 6) is -1.38. The Balaban J connectivity index is 3.89. The molecule has 0 aromatic rings. The molecule has 0 aliphatic heterocycles. The molecule has 0 bridgehead atoms. The molecule has 0 aromatic carbocycles. The van der Waals surface area contributed by atoms with Crippen molar-refractivity contribution in [3.63, 3.8) is 0 Å². The smallest absolute Gasteiger partial charge is 0.322 e. The van der Waals surface area contributed by atoms with E-state index in [0.29, 0.717) is 0 Å². The molecule has 0 spiro atoms. The summed E-state index contributed by atoms with van der Waals surface area (Å²) in [6.45, 7) is 5.45. The van der Waals surface area contributed by atoms with Gasteiger partial charge in [-0.2, -0.15) is 0 Å². The molecule has 0 saturated carbocycles. The van der Waals surface area contributed by atoms with Crippen LogP contribution in [0.1, 0.15) is 27.2 Å². The second-order valence-corrected chi connectivity index (χ2v) is 4.35. The summed E-state index contributed by atoms with van der Waals surface area (Å²) in [7, 11) is 0. The van der Waals surface area contributed by atoms with E-state index < -0.39 is 5.97 Å². The van der Waals surface area contributed by atoms with Crippen molar-refractivity contribution < 1.29 is 14.7 Å². The molecule has 1 atom stereocenters. The standard InChI is InChI=1S/C9H18N2O3/c1-9(2,3)6(10)4-7(12)11-5-8(13)14/h6H,4-5,10H2,1-3H3,(H,11,12)(H,13,14). The molecule has 0 aliphatic rings. The van der Waals surface area contributed by atoms with Gasteiger partial charge in [-0.05, 0) is 5.41 Å². The van der Waals surface area contributed by atoms with Crippen LogP contribution in [0.15, 0.2) is 0 Å². The minimum atomic E-state index is -1.05. The van der Waals surface area contributed by atoms with Crippen LogP contribution in [0.4, 0.5) is 0 Å². The first-order valence-corrected chi connectivity index (χ1v) is 4.47. The fourth-order valence-electron chi connectivity index (χ4n) is 0.752. The van der Waals surface area contributed by atoms with Crippen LogP contribution in [0.2, 0.25) is 0 Å². The van der Waals surface area contributed by atoms with Crippen LogP contribution in [-0.4, -0.2) is 29.6 Å². The van der Waals surface area contributed by atoms with Crippen LogP contribution >= 0.6 is 0 Å². The number of carbonyl (C=O) groups is 2. The molecular weight excluding hydrogens is 184 g/mol. The number of hydrogen-bond acceptors (Lipinski definition) is 3. The third-order valence-electron chi connectivity index (χ3n) is 1.95. The Kier molecular flexibility index (Phi) is 4.56. The van der Waals surface area contributed by atoms with Crippen molar-refractivity contribution >= 4 is 11.9 Å². The van der Waals surface area contributed by atoms with E-state index in [0.717, 1.165) is 0 Å². The van der Waals surface area contributed by atoms with E-state index in [-0.39, 0.29) is 30.3 Å². The van der Waals surface area contributed by atoms with Crippen molar-refractivity contribution in [2.75, 3.05) is 6.54 Å². The third kappa shape index (κ3) is 5.53. The average molecular weight is 202 g/mol. The van der Waals surface area contributed by atoms with Crippen LogP contribution in [0.25, 0.3) is 0 Å². The fourth-order valence-corrected chi connectivity index (χ4v) is 0.752. The van der Waals surface area contributed by atoms with Gasteiger partial charge in [-0.3, -0.25) is 9.59 Å². The van der Waals surface area contributed by atoms with E-state index in [9.17, 15) is 9.59 Å². The molecule has 1 unspecified atom stereocenters. The second kappa shape index (κ2) is 4.95. The lowest BCUT2D eigenvalue weighted by Gasteiger charge is -2.26.